The van der Waals surface area contributed by atoms with Crippen LogP contribution in [0.25, 0.3) is 0 Å². The average molecular weight is 257 g/mol. The summed E-state index contributed by atoms with van der Waals surface area (Å²) in [5, 5.41) is 12.0. The number of amides is 1. The van der Waals surface area contributed by atoms with Gasteiger partial charge in [0.1, 0.15) is 0 Å². The van der Waals surface area contributed by atoms with Crippen molar-refractivity contribution in [3.05, 3.63) is 30.3 Å². The Hall–Kier alpha value is -1.86. The Morgan fingerprint density at radius 1 is 1.42 bits per heavy atom. The number of carbonyl (C=O) groups excluding carboxylic acids is 1. The van der Waals surface area contributed by atoms with Crippen LogP contribution in [-0.2, 0) is 4.79 Å². The summed E-state index contributed by atoms with van der Waals surface area (Å²) in [5.41, 5.74) is 0.883. The van der Waals surface area contributed by atoms with Gasteiger partial charge in [-0.05, 0) is 31.5 Å². The average Bonchev–Trinajstić information content (AvgIpc) is 2.49. The highest BCUT2D eigenvalue weighted by Crippen LogP contribution is 2.20. The molecule has 1 aliphatic rings. The van der Waals surface area contributed by atoms with Crippen LogP contribution in [0.15, 0.2) is 30.3 Å². The molecule has 1 fully saturated rings. The molecule has 1 aromatic carbocycles. The van der Waals surface area contributed by atoms with Crippen LogP contribution in [0.5, 0.6) is 0 Å². The molecule has 1 amide bonds. The number of carbonyl (C=O) groups is 1. The molecule has 4 nitrogen and oxygen atoms in total. The summed E-state index contributed by atoms with van der Waals surface area (Å²) in [6.45, 7) is 2.21. The Kier molecular flexibility index (Phi) is 4.93. The number of para-hydroxylation sites is 1. The molecule has 0 bridgehead atoms. The molecule has 100 valence electrons. The van der Waals surface area contributed by atoms with Crippen LogP contribution in [0, 0.1) is 17.2 Å². The lowest BCUT2D eigenvalue weighted by atomic mass is 9.97. The fourth-order valence-corrected chi connectivity index (χ4v) is 2.42. The van der Waals surface area contributed by atoms with Gasteiger partial charge in [-0.3, -0.25) is 4.79 Å². The van der Waals surface area contributed by atoms with Gasteiger partial charge in [-0.2, -0.15) is 5.26 Å². The van der Waals surface area contributed by atoms with Crippen LogP contribution in [0.4, 0.5) is 5.69 Å². The van der Waals surface area contributed by atoms with E-state index in [0.29, 0.717) is 13.0 Å². The van der Waals surface area contributed by atoms with E-state index in [-0.39, 0.29) is 11.8 Å². The first-order valence-corrected chi connectivity index (χ1v) is 6.77. The third-order valence-electron chi connectivity index (χ3n) is 3.43. The Balaban J connectivity index is 2.12. The zero-order valence-corrected chi connectivity index (χ0v) is 11.0. The van der Waals surface area contributed by atoms with E-state index >= 15 is 0 Å². The van der Waals surface area contributed by atoms with Crippen LogP contribution in [0.2, 0.25) is 0 Å². The van der Waals surface area contributed by atoms with Crippen molar-refractivity contribution in [1.29, 1.82) is 5.26 Å². The summed E-state index contributed by atoms with van der Waals surface area (Å²) in [6.07, 6.45) is 2.33. The molecular formula is C15H19N3O. The Labute approximate surface area is 114 Å². The van der Waals surface area contributed by atoms with Gasteiger partial charge in [-0.15, -0.1) is 0 Å². The maximum atomic E-state index is 12.6. The summed E-state index contributed by atoms with van der Waals surface area (Å²) in [6, 6.07) is 11.7. The second-order valence-electron chi connectivity index (χ2n) is 4.78. The summed E-state index contributed by atoms with van der Waals surface area (Å²) in [4.78, 5) is 14.3. The first kappa shape index (κ1) is 13.6. The maximum absolute atomic E-state index is 12.6. The molecule has 0 aliphatic carbocycles. The summed E-state index contributed by atoms with van der Waals surface area (Å²) >= 11 is 0. The fourth-order valence-electron chi connectivity index (χ4n) is 2.42. The summed E-state index contributed by atoms with van der Waals surface area (Å²) < 4.78 is 0. The Morgan fingerprint density at radius 3 is 2.84 bits per heavy atom. The number of rotatable bonds is 4. The second kappa shape index (κ2) is 6.91. The molecule has 1 aromatic rings. The normalized spacial score (nSPS) is 18.6. The van der Waals surface area contributed by atoms with Gasteiger partial charge < -0.3 is 10.2 Å². The number of piperidine rings is 1. The molecule has 0 saturated carbocycles. The molecule has 19 heavy (non-hydrogen) atoms. The molecular weight excluding hydrogens is 238 g/mol. The van der Waals surface area contributed by atoms with Gasteiger partial charge in [0.15, 0.2) is 0 Å². The summed E-state index contributed by atoms with van der Waals surface area (Å²) in [5.74, 6) is 0.168. The van der Waals surface area contributed by atoms with Gasteiger partial charge >= 0.3 is 0 Å². The Bertz CT molecular complexity index is 446. The standard InChI is InChI=1S/C15H19N3O/c16-9-5-11-18(14-7-2-1-3-8-14)15(19)13-6-4-10-17-12-13/h1-3,7-8,13,17H,4-6,10-12H2/t13-/m0/s1. The maximum Gasteiger partial charge on any atom is 0.231 e. The molecule has 1 heterocycles. The van der Waals surface area contributed by atoms with Gasteiger partial charge in [0.2, 0.25) is 5.91 Å². The van der Waals surface area contributed by atoms with Gasteiger partial charge in [0.25, 0.3) is 0 Å². The lowest BCUT2D eigenvalue weighted by molar-refractivity contribution is -0.122. The molecule has 0 unspecified atom stereocenters. The third-order valence-corrected chi connectivity index (χ3v) is 3.43. The van der Waals surface area contributed by atoms with Crippen molar-refractivity contribution in [2.24, 2.45) is 5.92 Å². The van der Waals surface area contributed by atoms with Crippen LogP contribution >= 0.6 is 0 Å². The molecule has 1 atom stereocenters. The predicted molar refractivity (Wildman–Crippen MR) is 74.6 cm³/mol. The van der Waals surface area contributed by atoms with Crippen molar-refractivity contribution >= 4 is 11.6 Å². The first-order valence-electron chi connectivity index (χ1n) is 6.77. The van der Waals surface area contributed by atoms with E-state index < -0.39 is 0 Å². The minimum absolute atomic E-state index is 0.0349. The number of nitrogens with one attached hydrogen (secondary N) is 1. The minimum Gasteiger partial charge on any atom is -0.316 e. The molecule has 0 radical (unpaired) electrons. The minimum atomic E-state index is 0.0349. The van der Waals surface area contributed by atoms with Crippen molar-refractivity contribution in [2.45, 2.75) is 19.3 Å². The van der Waals surface area contributed by atoms with Crippen molar-refractivity contribution < 1.29 is 4.79 Å². The quantitative estimate of drug-likeness (QED) is 0.896. The van der Waals surface area contributed by atoms with E-state index in [1.807, 2.05) is 30.3 Å². The van der Waals surface area contributed by atoms with Gasteiger partial charge in [-0.25, -0.2) is 0 Å². The molecule has 2 rings (SSSR count). The monoisotopic (exact) mass is 257 g/mol. The van der Waals surface area contributed by atoms with Gasteiger partial charge in [0.05, 0.1) is 18.4 Å². The molecule has 0 spiro atoms. The highest BCUT2D eigenvalue weighted by atomic mass is 16.2. The van der Waals surface area contributed by atoms with E-state index in [9.17, 15) is 4.79 Å². The highest BCUT2D eigenvalue weighted by Gasteiger charge is 2.26. The number of anilines is 1. The second-order valence-corrected chi connectivity index (χ2v) is 4.78. The number of benzene rings is 1. The van der Waals surface area contributed by atoms with Crippen molar-refractivity contribution in [2.75, 3.05) is 24.5 Å². The number of hydrogen-bond acceptors (Lipinski definition) is 3. The molecule has 4 heteroatoms. The zero-order valence-electron chi connectivity index (χ0n) is 11.0. The molecule has 1 N–H and O–H groups in total. The number of nitriles is 1. The van der Waals surface area contributed by atoms with Crippen molar-refractivity contribution in [3.63, 3.8) is 0 Å². The third kappa shape index (κ3) is 3.55. The van der Waals surface area contributed by atoms with E-state index in [0.717, 1.165) is 31.6 Å². The van der Waals surface area contributed by atoms with E-state index in [2.05, 4.69) is 11.4 Å². The lowest BCUT2D eigenvalue weighted by Crippen LogP contribution is -2.43. The van der Waals surface area contributed by atoms with Gasteiger partial charge in [-0.1, -0.05) is 18.2 Å². The fraction of sp³-hybridized carbons (Fsp3) is 0.467. The smallest absolute Gasteiger partial charge is 0.231 e. The predicted octanol–water partition coefficient (Wildman–Crippen LogP) is 1.93. The first-order chi connectivity index (χ1) is 9.33. The number of hydrogen-bond donors (Lipinski definition) is 1. The summed E-state index contributed by atoms with van der Waals surface area (Å²) in [7, 11) is 0. The van der Waals surface area contributed by atoms with E-state index in [4.69, 9.17) is 5.26 Å². The van der Waals surface area contributed by atoms with Crippen molar-refractivity contribution in [1.82, 2.24) is 5.32 Å². The highest BCUT2D eigenvalue weighted by molar-refractivity contribution is 5.95. The lowest BCUT2D eigenvalue weighted by Gasteiger charge is -2.29. The number of nitrogens with zero attached hydrogens (tertiary/aromatic N) is 2. The van der Waals surface area contributed by atoms with E-state index in [1.165, 1.54) is 0 Å². The zero-order chi connectivity index (χ0) is 13.5. The molecule has 1 saturated heterocycles. The van der Waals surface area contributed by atoms with Crippen LogP contribution < -0.4 is 10.2 Å². The van der Waals surface area contributed by atoms with Crippen LogP contribution in [-0.4, -0.2) is 25.5 Å². The SMILES string of the molecule is N#CCCN(C(=O)[C@H]1CCCNC1)c1ccccc1. The largest absolute Gasteiger partial charge is 0.316 e. The van der Waals surface area contributed by atoms with Crippen LogP contribution in [0.3, 0.4) is 0 Å². The molecule has 1 aliphatic heterocycles. The molecule has 0 aromatic heterocycles. The van der Waals surface area contributed by atoms with Crippen molar-refractivity contribution in [3.8, 4) is 6.07 Å². The van der Waals surface area contributed by atoms with Gasteiger partial charge in [0, 0.05) is 18.8 Å². The topological polar surface area (TPSA) is 56.1 Å². The van der Waals surface area contributed by atoms with Crippen LogP contribution in [0.1, 0.15) is 19.3 Å². The van der Waals surface area contributed by atoms with E-state index in [1.54, 1.807) is 4.90 Å². The Morgan fingerprint density at radius 2 is 2.21 bits per heavy atom.